The number of thiazole rings is 1. The number of nitrogens with zero attached hydrogens (tertiary/aromatic N) is 4. The Morgan fingerprint density at radius 3 is 2.49 bits per heavy atom. The van der Waals surface area contributed by atoms with Gasteiger partial charge in [0.2, 0.25) is 0 Å². The van der Waals surface area contributed by atoms with Gasteiger partial charge in [-0.1, -0.05) is 12.1 Å². The summed E-state index contributed by atoms with van der Waals surface area (Å²) in [7, 11) is 2.04. The van der Waals surface area contributed by atoms with Crippen molar-refractivity contribution in [3.8, 4) is 0 Å². The lowest BCUT2D eigenvalue weighted by molar-refractivity contribution is 0.0611. The van der Waals surface area contributed by atoms with Crippen molar-refractivity contribution >= 4 is 41.0 Å². The quantitative estimate of drug-likeness (QED) is 0.298. The molecular weight excluding hydrogens is 509 g/mol. The molecule has 0 atom stereocenters. The maximum absolute atomic E-state index is 14.8. The van der Waals surface area contributed by atoms with Crippen LogP contribution in [0.25, 0.3) is 0 Å². The standard InChI is InChI=1S/C27H36FN5O2S2/c1-18-22(37-33(24-16-36-17-30-24)25(34)35-27(5,6)7)12-13-23(31-18)29-14-20-19(10-9-11-21(20)28)15-32(8)26(2,3)4/h9-13,16-17H,14-15H2,1-8H3,(H,29,31). The first kappa shape index (κ1) is 28.9. The van der Waals surface area contributed by atoms with E-state index in [0.717, 1.165) is 16.2 Å². The highest BCUT2D eigenvalue weighted by molar-refractivity contribution is 8.01. The lowest BCUT2D eigenvalue weighted by Crippen LogP contribution is -2.37. The van der Waals surface area contributed by atoms with Gasteiger partial charge in [0.15, 0.2) is 5.82 Å². The highest BCUT2D eigenvalue weighted by Gasteiger charge is 2.27. The summed E-state index contributed by atoms with van der Waals surface area (Å²) in [6, 6.07) is 8.90. The maximum Gasteiger partial charge on any atom is 0.426 e. The number of amides is 1. The number of halogens is 1. The number of aromatic nitrogens is 2. The summed E-state index contributed by atoms with van der Waals surface area (Å²) in [5.41, 5.74) is 3.28. The van der Waals surface area contributed by atoms with Crippen molar-refractivity contribution < 1.29 is 13.9 Å². The molecule has 37 heavy (non-hydrogen) atoms. The van der Waals surface area contributed by atoms with Gasteiger partial charge in [-0.25, -0.2) is 19.2 Å². The van der Waals surface area contributed by atoms with Crippen molar-refractivity contribution in [1.82, 2.24) is 14.9 Å². The van der Waals surface area contributed by atoms with Gasteiger partial charge in [0.05, 0.1) is 16.1 Å². The molecule has 0 aliphatic heterocycles. The Hall–Kier alpha value is -2.69. The molecule has 0 bridgehead atoms. The molecule has 0 aliphatic carbocycles. The molecule has 7 nitrogen and oxygen atoms in total. The Bertz CT molecular complexity index is 1210. The second-order valence-corrected chi connectivity index (χ2v) is 12.5. The lowest BCUT2D eigenvalue weighted by atomic mass is 10.0. The van der Waals surface area contributed by atoms with Crippen LogP contribution in [0.5, 0.6) is 0 Å². The summed E-state index contributed by atoms with van der Waals surface area (Å²) in [5.74, 6) is 0.878. The van der Waals surface area contributed by atoms with Crippen LogP contribution >= 0.6 is 23.3 Å². The van der Waals surface area contributed by atoms with Crippen molar-refractivity contribution in [3.63, 3.8) is 0 Å². The van der Waals surface area contributed by atoms with Gasteiger partial charge in [-0.2, -0.15) is 4.31 Å². The molecule has 1 N–H and O–H groups in total. The summed E-state index contributed by atoms with van der Waals surface area (Å²) in [6.07, 6.45) is -0.502. The average molecular weight is 546 g/mol. The minimum Gasteiger partial charge on any atom is -0.443 e. The maximum atomic E-state index is 14.8. The topological polar surface area (TPSA) is 70.6 Å². The van der Waals surface area contributed by atoms with Crippen LogP contribution in [0.15, 0.2) is 46.1 Å². The van der Waals surface area contributed by atoms with Crippen molar-refractivity contribution in [3.05, 3.63) is 63.9 Å². The molecule has 200 valence electrons. The van der Waals surface area contributed by atoms with Crippen LogP contribution in [0.2, 0.25) is 0 Å². The first-order valence-corrected chi connectivity index (χ1v) is 13.7. The molecule has 2 heterocycles. The Balaban J connectivity index is 1.75. The lowest BCUT2D eigenvalue weighted by Gasteiger charge is -2.32. The highest BCUT2D eigenvalue weighted by Crippen LogP contribution is 2.32. The van der Waals surface area contributed by atoms with E-state index in [1.54, 1.807) is 17.0 Å². The molecule has 0 fully saturated rings. The Morgan fingerprint density at radius 1 is 1.16 bits per heavy atom. The van der Waals surface area contributed by atoms with E-state index in [1.165, 1.54) is 33.7 Å². The summed E-state index contributed by atoms with van der Waals surface area (Å²) in [6.45, 7) is 14.7. The van der Waals surface area contributed by atoms with Gasteiger partial charge in [-0.3, -0.25) is 4.90 Å². The van der Waals surface area contributed by atoms with Crippen molar-refractivity contribution in [1.29, 1.82) is 0 Å². The highest BCUT2D eigenvalue weighted by atomic mass is 32.2. The van der Waals surface area contributed by atoms with Crippen LogP contribution < -0.4 is 9.62 Å². The molecule has 0 saturated heterocycles. The van der Waals surface area contributed by atoms with E-state index < -0.39 is 11.7 Å². The van der Waals surface area contributed by atoms with Gasteiger partial charge >= 0.3 is 6.09 Å². The van der Waals surface area contributed by atoms with Gasteiger partial charge in [0.1, 0.15) is 17.2 Å². The van der Waals surface area contributed by atoms with Gasteiger partial charge < -0.3 is 10.1 Å². The number of anilines is 2. The van der Waals surface area contributed by atoms with Gasteiger partial charge in [0, 0.05) is 41.5 Å². The fourth-order valence-corrected chi connectivity index (χ4v) is 4.64. The molecule has 0 radical (unpaired) electrons. The molecule has 0 saturated carbocycles. The van der Waals surface area contributed by atoms with E-state index in [0.29, 0.717) is 30.3 Å². The van der Waals surface area contributed by atoms with Gasteiger partial charge in [-0.15, -0.1) is 11.3 Å². The minimum absolute atomic E-state index is 0.0328. The molecular formula is C27H36FN5O2S2. The second-order valence-electron chi connectivity index (χ2n) is 10.8. The van der Waals surface area contributed by atoms with Gasteiger partial charge in [-0.05, 0) is 79.3 Å². The summed E-state index contributed by atoms with van der Waals surface area (Å²) >= 11 is 2.61. The largest absolute Gasteiger partial charge is 0.443 e. The van der Waals surface area contributed by atoms with Crippen molar-refractivity contribution in [2.75, 3.05) is 16.7 Å². The molecule has 1 amide bonds. The number of hydrogen-bond donors (Lipinski definition) is 1. The summed E-state index contributed by atoms with van der Waals surface area (Å²) in [5, 5.41) is 5.05. The molecule has 1 aromatic carbocycles. The Morgan fingerprint density at radius 2 is 1.89 bits per heavy atom. The fraction of sp³-hybridized carbons (Fsp3) is 0.444. The van der Waals surface area contributed by atoms with Crippen LogP contribution in [0.3, 0.4) is 0 Å². The summed E-state index contributed by atoms with van der Waals surface area (Å²) < 4.78 is 21.8. The zero-order valence-electron chi connectivity index (χ0n) is 22.8. The molecule has 2 aromatic heterocycles. The molecule has 3 rings (SSSR count). The summed E-state index contributed by atoms with van der Waals surface area (Å²) in [4.78, 5) is 24.8. The van der Waals surface area contributed by atoms with Crippen LogP contribution in [0, 0.1) is 12.7 Å². The number of benzene rings is 1. The van der Waals surface area contributed by atoms with Crippen LogP contribution in [0.4, 0.5) is 20.8 Å². The molecule has 3 aromatic rings. The third-order valence-corrected chi connectivity index (χ3v) is 7.35. The third-order valence-electron chi connectivity index (χ3n) is 5.63. The monoisotopic (exact) mass is 545 g/mol. The van der Waals surface area contributed by atoms with E-state index in [9.17, 15) is 9.18 Å². The number of nitrogens with one attached hydrogen (secondary N) is 1. The zero-order chi connectivity index (χ0) is 27.4. The van der Waals surface area contributed by atoms with E-state index >= 15 is 0 Å². The Kier molecular flexibility index (Phi) is 9.20. The molecule has 0 aliphatic rings. The number of aryl methyl sites for hydroxylation is 1. The first-order chi connectivity index (χ1) is 17.2. The predicted molar refractivity (Wildman–Crippen MR) is 151 cm³/mol. The third kappa shape index (κ3) is 8.15. The van der Waals surface area contributed by atoms with Crippen molar-refractivity contribution in [2.45, 2.75) is 77.6 Å². The number of hydrogen-bond acceptors (Lipinski definition) is 8. The predicted octanol–water partition coefficient (Wildman–Crippen LogP) is 7.28. The zero-order valence-corrected chi connectivity index (χ0v) is 24.4. The molecule has 10 heteroatoms. The van der Waals surface area contributed by atoms with Crippen molar-refractivity contribution in [2.24, 2.45) is 0 Å². The van der Waals surface area contributed by atoms with Crippen LogP contribution in [-0.2, 0) is 17.8 Å². The minimum atomic E-state index is -0.639. The number of rotatable bonds is 8. The van der Waals surface area contributed by atoms with Gasteiger partial charge in [0.25, 0.3) is 0 Å². The number of ether oxygens (including phenoxy) is 1. The fourth-order valence-electron chi connectivity index (χ4n) is 3.25. The number of pyridine rings is 1. The normalized spacial score (nSPS) is 12.1. The van der Waals surface area contributed by atoms with Crippen LogP contribution in [0.1, 0.15) is 58.4 Å². The number of carbonyl (C=O) groups excluding carboxylic acids is 1. The Labute approximate surface area is 227 Å². The first-order valence-electron chi connectivity index (χ1n) is 12.0. The van der Waals surface area contributed by atoms with Crippen LogP contribution in [-0.4, -0.2) is 39.1 Å². The van der Waals surface area contributed by atoms with E-state index in [4.69, 9.17) is 4.74 Å². The SMILES string of the molecule is Cc1nc(NCc2c(F)cccc2CN(C)C(C)(C)C)ccc1SN(C(=O)OC(C)(C)C)c1cscn1. The molecule has 0 spiro atoms. The number of carbonyl (C=O) groups is 1. The second kappa shape index (κ2) is 11.8. The molecule has 0 unspecified atom stereocenters. The van der Waals surface area contributed by atoms with E-state index in [-0.39, 0.29) is 11.4 Å². The van der Waals surface area contributed by atoms with E-state index in [1.807, 2.05) is 52.9 Å². The van der Waals surface area contributed by atoms with E-state index in [2.05, 4.69) is 41.0 Å². The smallest absolute Gasteiger partial charge is 0.426 e. The average Bonchev–Trinajstić information content (AvgIpc) is 3.30.